The van der Waals surface area contributed by atoms with Crippen LogP contribution in [-0.2, 0) is 6.54 Å². The van der Waals surface area contributed by atoms with Gasteiger partial charge in [0, 0.05) is 12.4 Å². The van der Waals surface area contributed by atoms with Crippen LogP contribution in [0.5, 0.6) is 0 Å². The summed E-state index contributed by atoms with van der Waals surface area (Å²) in [5, 5.41) is 2.82. The summed E-state index contributed by atoms with van der Waals surface area (Å²) in [5.41, 5.74) is 7.85. The third-order valence-electron chi connectivity index (χ3n) is 2.95. The zero-order chi connectivity index (χ0) is 14.8. The summed E-state index contributed by atoms with van der Waals surface area (Å²) < 4.78 is 0.901. The Labute approximate surface area is 125 Å². The van der Waals surface area contributed by atoms with Crippen molar-refractivity contribution < 1.29 is 4.79 Å². The summed E-state index contributed by atoms with van der Waals surface area (Å²) in [6, 6.07) is 5.49. The molecule has 3 N–H and O–H groups in total. The molecule has 0 aliphatic rings. The number of thiophene rings is 1. The Kier molecular flexibility index (Phi) is 3.49. The van der Waals surface area contributed by atoms with E-state index in [0.29, 0.717) is 28.5 Å². The molecular formula is C14H13N5OS. The number of carbonyl (C=O) groups excluding carboxylic acids is 1. The van der Waals surface area contributed by atoms with Crippen LogP contribution in [0.3, 0.4) is 0 Å². The molecule has 0 radical (unpaired) electrons. The molecule has 0 saturated carbocycles. The van der Waals surface area contributed by atoms with Crippen LogP contribution in [0.1, 0.15) is 21.2 Å². The van der Waals surface area contributed by atoms with Crippen LogP contribution < -0.4 is 11.1 Å². The number of nitrogen functional groups attached to an aromatic ring is 1. The molecule has 7 heteroatoms. The predicted molar refractivity (Wildman–Crippen MR) is 82.0 cm³/mol. The molecule has 0 atom stereocenters. The molecule has 1 amide bonds. The van der Waals surface area contributed by atoms with Crippen LogP contribution >= 0.6 is 11.3 Å². The number of hydrogen-bond donors (Lipinski definition) is 2. The number of carbonyl (C=O) groups is 1. The van der Waals surface area contributed by atoms with Crippen molar-refractivity contribution in [2.75, 3.05) is 5.73 Å². The van der Waals surface area contributed by atoms with Crippen molar-refractivity contribution in [3.05, 3.63) is 47.0 Å². The lowest BCUT2D eigenvalue weighted by Gasteiger charge is -2.04. The second-order valence-electron chi connectivity index (χ2n) is 4.47. The number of fused-ring (bicyclic) bond motifs is 1. The molecular weight excluding hydrogens is 286 g/mol. The Hall–Kier alpha value is -2.54. The van der Waals surface area contributed by atoms with Crippen molar-refractivity contribution in [3.8, 4) is 0 Å². The molecule has 0 aliphatic carbocycles. The molecule has 0 spiro atoms. The van der Waals surface area contributed by atoms with Crippen molar-refractivity contribution in [3.63, 3.8) is 0 Å². The average molecular weight is 299 g/mol. The van der Waals surface area contributed by atoms with Gasteiger partial charge in [-0.2, -0.15) is 0 Å². The molecule has 0 saturated heterocycles. The zero-order valence-electron chi connectivity index (χ0n) is 11.3. The van der Waals surface area contributed by atoms with Gasteiger partial charge < -0.3 is 11.1 Å². The number of nitrogens with two attached hydrogens (primary N) is 1. The first kappa shape index (κ1) is 13.4. The van der Waals surface area contributed by atoms with Gasteiger partial charge in [0.15, 0.2) is 0 Å². The molecule has 0 unspecified atom stereocenters. The molecule has 6 nitrogen and oxygen atoms in total. The third-order valence-corrected chi connectivity index (χ3v) is 4.11. The maximum Gasteiger partial charge on any atom is 0.263 e. The van der Waals surface area contributed by atoms with Crippen LogP contribution in [-0.4, -0.2) is 20.9 Å². The van der Waals surface area contributed by atoms with E-state index in [1.807, 2.05) is 12.1 Å². The predicted octanol–water partition coefficient (Wildman–Crippen LogP) is 1.91. The fraction of sp³-hybridized carbons (Fsp3) is 0.143. The number of aromatic nitrogens is 3. The Morgan fingerprint density at radius 3 is 2.95 bits per heavy atom. The van der Waals surface area contributed by atoms with E-state index in [1.165, 1.54) is 11.3 Å². The molecule has 0 aliphatic heterocycles. The summed E-state index contributed by atoms with van der Waals surface area (Å²) >= 11 is 1.34. The van der Waals surface area contributed by atoms with E-state index in [-0.39, 0.29) is 5.91 Å². The normalized spacial score (nSPS) is 10.7. The van der Waals surface area contributed by atoms with Crippen molar-refractivity contribution in [2.45, 2.75) is 13.5 Å². The van der Waals surface area contributed by atoms with Gasteiger partial charge in [-0.05, 0) is 25.1 Å². The third kappa shape index (κ3) is 2.68. The lowest BCUT2D eigenvalue weighted by Crippen LogP contribution is -2.23. The van der Waals surface area contributed by atoms with E-state index < -0.39 is 0 Å². The van der Waals surface area contributed by atoms with Gasteiger partial charge in [-0.1, -0.05) is 0 Å². The summed E-state index contributed by atoms with van der Waals surface area (Å²) in [5.74, 6) is 0.457. The smallest absolute Gasteiger partial charge is 0.263 e. The van der Waals surface area contributed by atoms with Gasteiger partial charge in [-0.3, -0.25) is 9.78 Å². The minimum atomic E-state index is -0.216. The largest absolute Gasteiger partial charge is 0.396 e. The molecule has 0 fully saturated rings. The molecule has 3 heterocycles. The first-order valence-electron chi connectivity index (χ1n) is 6.35. The van der Waals surface area contributed by atoms with Crippen LogP contribution in [0.4, 0.5) is 5.69 Å². The number of pyridine rings is 1. The fourth-order valence-corrected chi connectivity index (χ4v) is 2.97. The Bertz CT molecular complexity index is 814. The second-order valence-corrected chi connectivity index (χ2v) is 5.53. The molecule has 0 aromatic carbocycles. The quantitative estimate of drug-likeness (QED) is 0.770. The highest BCUT2D eigenvalue weighted by Crippen LogP contribution is 2.31. The number of nitrogens with one attached hydrogen (secondary N) is 1. The highest BCUT2D eigenvalue weighted by Gasteiger charge is 2.16. The summed E-state index contributed by atoms with van der Waals surface area (Å²) in [4.78, 5) is 25.2. The molecule has 3 aromatic heterocycles. The number of rotatable bonds is 3. The van der Waals surface area contributed by atoms with Crippen molar-refractivity contribution in [1.82, 2.24) is 20.3 Å². The Morgan fingerprint density at radius 2 is 2.19 bits per heavy atom. The lowest BCUT2D eigenvalue weighted by molar-refractivity contribution is 0.0955. The zero-order valence-corrected chi connectivity index (χ0v) is 12.1. The Morgan fingerprint density at radius 1 is 1.33 bits per heavy atom. The summed E-state index contributed by atoms with van der Waals surface area (Å²) in [6.07, 6.45) is 3.33. The van der Waals surface area contributed by atoms with Crippen LogP contribution in [0.15, 0.2) is 30.6 Å². The van der Waals surface area contributed by atoms with Gasteiger partial charge in [0.1, 0.15) is 16.2 Å². The number of anilines is 1. The number of hydrogen-bond acceptors (Lipinski definition) is 6. The topological polar surface area (TPSA) is 93.8 Å². The van der Waals surface area contributed by atoms with Gasteiger partial charge in [0.25, 0.3) is 5.91 Å². The van der Waals surface area contributed by atoms with E-state index in [9.17, 15) is 4.79 Å². The van der Waals surface area contributed by atoms with Crippen LogP contribution in [0, 0.1) is 6.92 Å². The molecule has 21 heavy (non-hydrogen) atoms. The number of nitrogens with zero attached hydrogens (tertiary/aromatic N) is 3. The number of aryl methyl sites for hydroxylation is 1. The molecule has 0 bridgehead atoms. The van der Waals surface area contributed by atoms with Crippen LogP contribution in [0.25, 0.3) is 10.2 Å². The maximum atomic E-state index is 12.2. The van der Waals surface area contributed by atoms with Gasteiger partial charge in [0.05, 0.1) is 22.6 Å². The van der Waals surface area contributed by atoms with E-state index in [2.05, 4.69) is 20.3 Å². The minimum absolute atomic E-state index is 0.216. The van der Waals surface area contributed by atoms with Crippen molar-refractivity contribution >= 4 is 33.1 Å². The van der Waals surface area contributed by atoms with E-state index in [4.69, 9.17) is 5.73 Å². The fourth-order valence-electron chi connectivity index (χ4n) is 1.97. The minimum Gasteiger partial charge on any atom is -0.396 e. The first-order chi connectivity index (χ1) is 10.1. The van der Waals surface area contributed by atoms with E-state index in [1.54, 1.807) is 25.4 Å². The average Bonchev–Trinajstić information content (AvgIpc) is 2.83. The molecule has 106 valence electrons. The van der Waals surface area contributed by atoms with Crippen LogP contribution in [0.2, 0.25) is 0 Å². The standard InChI is InChI=1S/C14H13N5OS/c1-8-16-6-4-9(19-8)7-18-14(20)13-11(15)12-10(21-13)3-2-5-17-12/h2-6H,7,15H2,1H3,(H,18,20). The van der Waals surface area contributed by atoms with E-state index in [0.717, 1.165) is 10.4 Å². The molecule has 3 rings (SSSR count). The van der Waals surface area contributed by atoms with Crippen molar-refractivity contribution in [2.24, 2.45) is 0 Å². The monoisotopic (exact) mass is 299 g/mol. The SMILES string of the molecule is Cc1nccc(CNC(=O)c2sc3cccnc3c2N)n1. The Balaban J connectivity index is 1.79. The van der Waals surface area contributed by atoms with Gasteiger partial charge in [-0.25, -0.2) is 9.97 Å². The van der Waals surface area contributed by atoms with Crippen molar-refractivity contribution in [1.29, 1.82) is 0 Å². The second kappa shape index (κ2) is 5.45. The lowest BCUT2D eigenvalue weighted by atomic mass is 10.3. The summed E-state index contributed by atoms with van der Waals surface area (Å²) in [6.45, 7) is 2.14. The molecule has 3 aromatic rings. The highest BCUT2D eigenvalue weighted by molar-refractivity contribution is 7.21. The van der Waals surface area contributed by atoms with Gasteiger partial charge in [-0.15, -0.1) is 11.3 Å². The van der Waals surface area contributed by atoms with Gasteiger partial charge >= 0.3 is 0 Å². The maximum absolute atomic E-state index is 12.2. The highest BCUT2D eigenvalue weighted by atomic mass is 32.1. The summed E-state index contributed by atoms with van der Waals surface area (Å²) in [7, 11) is 0. The first-order valence-corrected chi connectivity index (χ1v) is 7.16. The van der Waals surface area contributed by atoms with Gasteiger partial charge in [0.2, 0.25) is 0 Å². The van der Waals surface area contributed by atoms with E-state index >= 15 is 0 Å². The number of amides is 1.